The fourth-order valence-electron chi connectivity index (χ4n) is 8.25. The number of fused-ring (bicyclic) bond motifs is 5. The minimum absolute atomic E-state index is 0.187. The smallest absolute Gasteiger partial charge is 0.133 e. The highest BCUT2D eigenvalue weighted by Crippen LogP contribution is 2.68. The normalized spacial score (nSPS) is 54.8. The second-order valence-electron chi connectivity index (χ2n) is 10.1. The van der Waals surface area contributed by atoms with E-state index >= 15 is 0 Å². The van der Waals surface area contributed by atoms with Crippen molar-refractivity contribution in [2.24, 2.45) is 46.3 Å². The topological polar surface area (TPSA) is 37.3 Å². The van der Waals surface area contributed by atoms with E-state index in [-0.39, 0.29) is 28.8 Å². The Labute approximate surface area is 153 Å². The Balaban J connectivity index is 1.67. The number of terminal acetylenes is 1. The van der Waals surface area contributed by atoms with Crippen LogP contribution in [0.5, 0.6) is 0 Å². The first-order valence-electron chi connectivity index (χ1n) is 10.5. The van der Waals surface area contributed by atoms with E-state index in [9.17, 15) is 9.90 Å². The van der Waals surface area contributed by atoms with Crippen LogP contribution < -0.4 is 0 Å². The van der Waals surface area contributed by atoms with Gasteiger partial charge < -0.3 is 5.11 Å². The van der Waals surface area contributed by atoms with Crippen molar-refractivity contribution in [2.45, 2.75) is 78.2 Å². The first-order chi connectivity index (χ1) is 11.8. The van der Waals surface area contributed by atoms with Crippen LogP contribution >= 0.6 is 0 Å². The van der Waals surface area contributed by atoms with E-state index in [2.05, 4.69) is 19.8 Å². The molecular weight excluding hydrogens is 308 g/mol. The number of aliphatic hydroxyl groups excluding tert-OH is 1. The fraction of sp³-hybridized carbons (Fsp3) is 0.870. The highest BCUT2D eigenvalue weighted by Gasteiger charge is 2.62. The number of ketones is 1. The van der Waals surface area contributed by atoms with Gasteiger partial charge in [-0.15, -0.1) is 12.3 Å². The molecule has 4 saturated carbocycles. The molecule has 1 unspecified atom stereocenters. The maximum atomic E-state index is 12.2. The maximum Gasteiger partial charge on any atom is 0.133 e. The average molecular weight is 343 g/mol. The molecule has 0 bridgehead atoms. The van der Waals surface area contributed by atoms with Crippen LogP contribution in [0.2, 0.25) is 0 Å². The van der Waals surface area contributed by atoms with Crippen molar-refractivity contribution < 1.29 is 9.90 Å². The molecule has 0 radical (unpaired) electrons. The molecule has 0 aliphatic heterocycles. The van der Waals surface area contributed by atoms with Gasteiger partial charge in [0.05, 0.1) is 6.10 Å². The predicted octanol–water partition coefficient (Wildman–Crippen LogP) is 4.45. The summed E-state index contributed by atoms with van der Waals surface area (Å²) >= 11 is 0. The number of aliphatic hydroxyl groups is 1. The van der Waals surface area contributed by atoms with Crippen molar-refractivity contribution in [1.29, 1.82) is 0 Å². The van der Waals surface area contributed by atoms with Gasteiger partial charge in [0, 0.05) is 11.8 Å². The highest BCUT2D eigenvalue weighted by molar-refractivity contribution is 5.79. The van der Waals surface area contributed by atoms with Crippen LogP contribution in [0.3, 0.4) is 0 Å². The molecule has 0 spiro atoms. The lowest BCUT2D eigenvalue weighted by molar-refractivity contribution is -0.148. The summed E-state index contributed by atoms with van der Waals surface area (Å²) in [5.41, 5.74) is 0.405. The molecule has 138 valence electrons. The van der Waals surface area contributed by atoms with Gasteiger partial charge in [-0.2, -0.15) is 0 Å². The lowest BCUT2D eigenvalue weighted by Crippen LogP contribution is -2.57. The van der Waals surface area contributed by atoms with E-state index in [0.29, 0.717) is 23.5 Å². The highest BCUT2D eigenvalue weighted by atomic mass is 16.3. The van der Waals surface area contributed by atoms with Crippen LogP contribution in [-0.4, -0.2) is 17.0 Å². The first kappa shape index (κ1) is 17.6. The summed E-state index contributed by atoms with van der Waals surface area (Å²) in [6.07, 6.45) is 14.7. The Bertz CT molecular complexity index is 604. The van der Waals surface area contributed by atoms with E-state index in [1.54, 1.807) is 6.92 Å². The largest absolute Gasteiger partial charge is 0.393 e. The number of hydrogen-bond acceptors (Lipinski definition) is 2. The van der Waals surface area contributed by atoms with Gasteiger partial charge in [-0.05, 0) is 92.8 Å². The van der Waals surface area contributed by atoms with E-state index in [4.69, 9.17) is 6.42 Å². The Morgan fingerprint density at radius 2 is 1.84 bits per heavy atom. The molecule has 0 saturated heterocycles. The van der Waals surface area contributed by atoms with Crippen molar-refractivity contribution in [3.8, 4) is 12.3 Å². The molecule has 4 rings (SSSR count). The van der Waals surface area contributed by atoms with Crippen LogP contribution in [-0.2, 0) is 4.79 Å². The molecular formula is C23H34O2. The lowest BCUT2D eigenvalue weighted by atomic mass is 9.42. The van der Waals surface area contributed by atoms with Gasteiger partial charge >= 0.3 is 0 Å². The Morgan fingerprint density at radius 1 is 1.08 bits per heavy atom. The molecule has 4 aliphatic carbocycles. The lowest BCUT2D eigenvalue weighted by Gasteiger charge is -2.62. The third-order valence-corrected chi connectivity index (χ3v) is 9.47. The molecule has 2 heteroatoms. The zero-order chi connectivity index (χ0) is 18.0. The molecule has 9 atom stereocenters. The van der Waals surface area contributed by atoms with Gasteiger partial charge in [0.1, 0.15) is 5.78 Å². The van der Waals surface area contributed by atoms with Crippen molar-refractivity contribution >= 4 is 5.78 Å². The number of Topliss-reactive ketones (excluding diaryl/α,β-unsaturated/α-hetero) is 1. The molecule has 0 heterocycles. The maximum absolute atomic E-state index is 12.2. The summed E-state index contributed by atoms with van der Waals surface area (Å²) < 4.78 is 0. The third-order valence-electron chi connectivity index (χ3n) is 9.47. The second-order valence-corrected chi connectivity index (χ2v) is 10.1. The molecule has 4 aliphatic rings. The summed E-state index contributed by atoms with van der Waals surface area (Å²) in [4.78, 5) is 12.2. The molecule has 0 aromatic rings. The van der Waals surface area contributed by atoms with Crippen molar-refractivity contribution in [1.82, 2.24) is 0 Å². The van der Waals surface area contributed by atoms with Crippen LogP contribution in [0.15, 0.2) is 0 Å². The van der Waals surface area contributed by atoms with Gasteiger partial charge in [-0.1, -0.05) is 13.8 Å². The SMILES string of the molecule is C#CC1C[C@@H](O)C[C@@H]2CC[C@H]3[C@@H]4CC[C@H](C(C)=O)[C@@]4(C)CC[C@@H]3[C@@]12C. The summed E-state index contributed by atoms with van der Waals surface area (Å²) in [5, 5.41) is 10.3. The zero-order valence-electron chi connectivity index (χ0n) is 16.1. The van der Waals surface area contributed by atoms with Gasteiger partial charge in [-0.25, -0.2) is 0 Å². The molecule has 2 nitrogen and oxygen atoms in total. The van der Waals surface area contributed by atoms with Gasteiger partial charge in [0.15, 0.2) is 0 Å². The van der Waals surface area contributed by atoms with E-state index in [1.807, 2.05) is 0 Å². The van der Waals surface area contributed by atoms with Gasteiger partial charge in [0.25, 0.3) is 0 Å². The van der Waals surface area contributed by atoms with Crippen LogP contribution in [0.1, 0.15) is 72.1 Å². The van der Waals surface area contributed by atoms with Crippen LogP contribution in [0.25, 0.3) is 0 Å². The number of carbonyl (C=O) groups is 1. The first-order valence-corrected chi connectivity index (χ1v) is 10.5. The van der Waals surface area contributed by atoms with Crippen LogP contribution in [0, 0.1) is 58.7 Å². The fourth-order valence-corrected chi connectivity index (χ4v) is 8.25. The Kier molecular flexibility index (Phi) is 4.12. The Hall–Kier alpha value is -0.810. The third kappa shape index (κ3) is 2.31. The number of carbonyl (C=O) groups excluding carboxylic acids is 1. The summed E-state index contributed by atoms with van der Waals surface area (Å²) in [7, 11) is 0. The molecule has 0 amide bonds. The Morgan fingerprint density at radius 3 is 2.52 bits per heavy atom. The van der Waals surface area contributed by atoms with E-state index in [0.717, 1.165) is 25.2 Å². The van der Waals surface area contributed by atoms with Crippen LogP contribution in [0.4, 0.5) is 0 Å². The molecule has 0 aromatic heterocycles. The minimum atomic E-state index is -0.210. The quantitative estimate of drug-likeness (QED) is 0.715. The zero-order valence-corrected chi connectivity index (χ0v) is 16.1. The monoisotopic (exact) mass is 342 g/mol. The molecule has 1 N–H and O–H groups in total. The van der Waals surface area contributed by atoms with Gasteiger partial charge in [-0.3, -0.25) is 4.79 Å². The second kappa shape index (κ2) is 5.85. The van der Waals surface area contributed by atoms with E-state index in [1.165, 1.54) is 32.1 Å². The summed E-state index contributed by atoms with van der Waals surface area (Å²) in [6.45, 7) is 6.66. The number of rotatable bonds is 1. The minimum Gasteiger partial charge on any atom is -0.393 e. The average Bonchev–Trinajstić information content (AvgIpc) is 2.92. The predicted molar refractivity (Wildman–Crippen MR) is 99.6 cm³/mol. The van der Waals surface area contributed by atoms with Crippen molar-refractivity contribution in [3.63, 3.8) is 0 Å². The standard InChI is InChI=1S/C23H34O2/c1-5-15-12-17(25)13-16-6-7-18-20-9-8-19(14(2)24)22(20,3)11-10-21(18)23(15,16)4/h1,15-21,25H,6-13H2,2-4H3/t15?,16-,17+,18-,19+,20-,21-,22+,23-/m0/s1. The summed E-state index contributed by atoms with van der Waals surface area (Å²) in [5.74, 6) is 6.68. The van der Waals surface area contributed by atoms with Crippen molar-refractivity contribution in [3.05, 3.63) is 0 Å². The summed E-state index contributed by atoms with van der Waals surface area (Å²) in [6, 6.07) is 0. The number of hydrogen-bond donors (Lipinski definition) is 1. The molecule has 4 fully saturated rings. The van der Waals surface area contributed by atoms with Crippen molar-refractivity contribution in [2.75, 3.05) is 0 Å². The molecule has 25 heavy (non-hydrogen) atoms. The van der Waals surface area contributed by atoms with Gasteiger partial charge in [0.2, 0.25) is 0 Å². The molecule has 0 aromatic carbocycles. The van der Waals surface area contributed by atoms with E-state index < -0.39 is 0 Å².